The van der Waals surface area contributed by atoms with E-state index in [0.29, 0.717) is 0 Å². The van der Waals surface area contributed by atoms with Crippen LogP contribution in [0.4, 0.5) is 0 Å². The van der Waals surface area contributed by atoms with Gasteiger partial charge in [0.25, 0.3) is 0 Å². The molecule has 1 aliphatic carbocycles. The van der Waals surface area contributed by atoms with E-state index < -0.39 is 5.41 Å². The smallest absolute Gasteiger partial charge is 0.0714 e. The van der Waals surface area contributed by atoms with E-state index in [9.17, 15) is 0 Å². The van der Waals surface area contributed by atoms with Gasteiger partial charge in [-0.15, -0.1) is 0 Å². The molecule has 0 N–H and O–H groups in total. The van der Waals surface area contributed by atoms with Crippen molar-refractivity contribution < 1.29 is 0 Å². The second-order valence-electron chi connectivity index (χ2n) is 14.2. The van der Waals surface area contributed by atoms with E-state index in [1.807, 2.05) is 0 Å². The third kappa shape index (κ3) is 4.30. The van der Waals surface area contributed by atoms with Crippen LogP contribution in [0.3, 0.4) is 0 Å². The molecule has 0 unspecified atom stereocenters. The first kappa shape index (κ1) is 30.4. The molecule has 0 saturated carbocycles. The summed E-state index contributed by atoms with van der Waals surface area (Å²) in [6.07, 6.45) is 0. The maximum Gasteiger partial charge on any atom is 0.0714 e. The molecule has 0 radical (unpaired) electrons. The lowest BCUT2D eigenvalue weighted by atomic mass is 9.67. The van der Waals surface area contributed by atoms with Crippen molar-refractivity contribution >= 4 is 59.3 Å². The largest absolute Gasteiger partial charge is 0.309 e. The second kappa shape index (κ2) is 11.6. The summed E-state index contributed by atoms with van der Waals surface area (Å²) in [7, 11) is 0. The number of halogens is 1. The number of fused-ring (bicyclic) bond motifs is 9. The number of rotatable bonds is 4. The average Bonchev–Trinajstić information content (AvgIpc) is 3.70. The number of hydrogen-bond donors (Lipinski definition) is 0. The first-order valence-corrected chi connectivity index (χ1v) is 19.0. The van der Waals surface area contributed by atoms with E-state index in [4.69, 9.17) is 0 Å². The lowest BCUT2D eigenvalue weighted by Crippen LogP contribution is -2.28. The fourth-order valence-electron chi connectivity index (χ4n) is 9.32. The maximum absolute atomic E-state index is 3.91. The van der Waals surface area contributed by atoms with Crippen LogP contribution in [0.1, 0.15) is 22.3 Å². The summed E-state index contributed by atoms with van der Waals surface area (Å²) >= 11 is 3.91. The zero-order valence-corrected chi connectivity index (χ0v) is 30.4. The van der Waals surface area contributed by atoms with Gasteiger partial charge in [-0.05, 0) is 102 Å². The molecule has 1 aromatic heterocycles. The maximum atomic E-state index is 3.91. The Morgan fingerprint density at radius 2 is 0.962 bits per heavy atom. The monoisotopic (exact) mass is 737 g/mol. The minimum absolute atomic E-state index is 0.483. The summed E-state index contributed by atoms with van der Waals surface area (Å²) in [6, 6.07) is 71.8. The predicted molar refractivity (Wildman–Crippen MR) is 226 cm³/mol. The van der Waals surface area contributed by atoms with Gasteiger partial charge in [0.1, 0.15) is 0 Å². The van der Waals surface area contributed by atoms with Gasteiger partial charge >= 0.3 is 0 Å². The molecule has 0 amide bonds. The molecule has 11 rings (SSSR count). The summed E-state index contributed by atoms with van der Waals surface area (Å²) in [4.78, 5) is 0. The van der Waals surface area contributed by atoms with Crippen molar-refractivity contribution in [2.45, 2.75) is 5.41 Å². The Kier molecular flexibility index (Phi) is 6.68. The van der Waals surface area contributed by atoms with Gasteiger partial charge in [-0.2, -0.15) is 0 Å². The average molecular weight is 739 g/mol. The van der Waals surface area contributed by atoms with E-state index in [1.54, 1.807) is 0 Å². The molecule has 53 heavy (non-hydrogen) atoms. The SMILES string of the molecule is Brc1ccccc1-c1cc2c(c3ccccc13)c1cc3ccccc3cc1n2-c1ccc2c(c1)C(c1ccccc1)(c1ccccc1)c1ccccc1-2. The predicted octanol–water partition coefficient (Wildman–Crippen LogP) is 13.9. The highest BCUT2D eigenvalue weighted by atomic mass is 79.9. The third-order valence-corrected chi connectivity index (χ3v) is 12.2. The number of nitrogens with zero attached hydrogens (tertiary/aromatic N) is 1. The fraction of sp³-hybridized carbons (Fsp3) is 0.0196. The van der Waals surface area contributed by atoms with Crippen LogP contribution in [0.5, 0.6) is 0 Å². The van der Waals surface area contributed by atoms with Gasteiger partial charge < -0.3 is 4.57 Å². The van der Waals surface area contributed by atoms with E-state index in [1.165, 1.54) is 87.9 Å². The molecule has 2 heteroatoms. The first-order valence-electron chi connectivity index (χ1n) is 18.2. The van der Waals surface area contributed by atoms with Crippen LogP contribution in [0.15, 0.2) is 199 Å². The summed E-state index contributed by atoms with van der Waals surface area (Å²) in [5, 5.41) is 7.51. The molecule has 0 spiro atoms. The molecule has 1 aliphatic rings. The van der Waals surface area contributed by atoms with Gasteiger partial charge in [0.15, 0.2) is 0 Å². The van der Waals surface area contributed by atoms with Crippen molar-refractivity contribution in [3.63, 3.8) is 0 Å². The molecule has 0 aliphatic heterocycles. The van der Waals surface area contributed by atoms with Crippen LogP contribution < -0.4 is 0 Å². The van der Waals surface area contributed by atoms with Crippen molar-refractivity contribution in [2.24, 2.45) is 0 Å². The highest BCUT2D eigenvalue weighted by Gasteiger charge is 2.46. The Morgan fingerprint density at radius 3 is 1.70 bits per heavy atom. The van der Waals surface area contributed by atoms with E-state index in [2.05, 4.69) is 215 Å². The van der Waals surface area contributed by atoms with Gasteiger partial charge in [-0.25, -0.2) is 0 Å². The van der Waals surface area contributed by atoms with Crippen LogP contribution in [-0.2, 0) is 5.41 Å². The first-order chi connectivity index (χ1) is 26.2. The van der Waals surface area contributed by atoms with E-state index in [0.717, 1.165) is 10.2 Å². The summed E-state index contributed by atoms with van der Waals surface area (Å²) < 4.78 is 3.61. The minimum atomic E-state index is -0.483. The molecule has 1 nitrogen and oxygen atoms in total. The summed E-state index contributed by atoms with van der Waals surface area (Å²) in [5.74, 6) is 0. The quantitative estimate of drug-likeness (QED) is 0.169. The van der Waals surface area contributed by atoms with Crippen LogP contribution in [0, 0.1) is 0 Å². The summed E-state index contributed by atoms with van der Waals surface area (Å²) in [5.41, 5.74) is 13.2. The van der Waals surface area contributed by atoms with Crippen LogP contribution in [0.25, 0.3) is 71.3 Å². The van der Waals surface area contributed by atoms with Gasteiger partial charge in [0.2, 0.25) is 0 Å². The molecule has 0 fully saturated rings. The van der Waals surface area contributed by atoms with Crippen molar-refractivity contribution in [3.05, 3.63) is 221 Å². The molecule has 248 valence electrons. The van der Waals surface area contributed by atoms with Crippen LogP contribution in [0.2, 0.25) is 0 Å². The van der Waals surface area contributed by atoms with Crippen LogP contribution in [-0.4, -0.2) is 4.57 Å². The van der Waals surface area contributed by atoms with Crippen molar-refractivity contribution in [2.75, 3.05) is 0 Å². The van der Waals surface area contributed by atoms with Crippen molar-refractivity contribution in [3.8, 4) is 27.9 Å². The van der Waals surface area contributed by atoms with Crippen molar-refractivity contribution in [1.29, 1.82) is 0 Å². The van der Waals surface area contributed by atoms with Gasteiger partial charge in [-0.3, -0.25) is 0 Å². The van der Waals surface area contributed by atoms with E-state index in [-0.39, 0.29) is 0 Å². The summed E-state index contributed by atoms with van der Waals surface area (Å²) in [6.45, 7) is 0. The molecular formula is C51H32BrN. The Hall–Kier alpha value is -6.22. The Balaban J connectivity index is 1.30. The normalized spacial score (nSPS) is 13.2. The number of benzene rings is 9. The van der Waals surface area contributed by atoms with Gasteiger partial charge in [0, 0.05) is 20.9 Å². The minimum Gasteiger partial charge on any atom is -0.309 e. The third-order valence-electron chi connectivity index (χ3n) is 11.5. The van der Waals surface area contributed by atoms with E-state index >= 15 is 0 Å². The van der Waals surface area contributed by atoms with Crippen LogP contribution >= 0.6 is 15.9 Å². The molecular weight excluding hydrogens is 706 g/mol. The molecule has 1 heterocycles. The fourth-order valence-corrected chi connectivity index (χ4v) is 9.81. The molecule has 9 aromatic carbocycles. The molecule has 0 bridgehead atoms. The standard InChI is InChI=1S/C51H32BrN/c52-47-26-14-12-23-41(47)43-32-49-50(42-24-10-9-21-38(42)43)44-29-33-15-7-8-16-34(33)30-48(44)53(49)37-27-28-40-39-22-11-13-25-45(39)51(46(40)31-37,35-17-3-1-4-18-35)36-19-5-2-6-20-36/h1-32H. The Morgan fingerprint density at radius 1 is 0.377 bits per heavy atom. The van der Waals surface area contributed by atoms with Gasteiger partial charge in [0.05, 0.1) is 16.4 Å². The zero-order chi connectivity index (χ0) is 35.1. The number of hydrogen-bond acceptors (Lipinski definition) is 0. The second-order valence-corrected chi connectivity index (χ2v) is 15.0. The van der Waals surface area contributed by atoms with Crippen molar-refractivity contribution in [1.82, 2.24) is 4.57 Å². The van der Waals surface area contributed by atoms with Gasteiger partial charge in [-0.1, -0.05) is 174 Å². The highest BCUT2D eigenvalue weighted by Crippen LogP contribution is 2.57. The molecule has 0 atom stereocenters. The molecule has 10 aromatic rings. The Bertz CT molecular complexity index is 3020. The number of aromatic nitrogens is 1. The highest BCUT2D eigenvalue weighted by molar-refractivity contribution is 9.10. The topological polar surface area (TPSA) is 4.93 Å². The zero-order valence-electron chi connectivity index (χ0n) is 28.8. The lowest BCUT2D eigenvalue weighted by Gasteiger charge is -2.34. The molecule has 0 saturated heterocycles. The Labute approximate surface area is 316 Å². The lowest BCUT2D eigenvalue weighted by molar-refractivity contribution is 0.767.